The Bertz CT molecular complexity index is 1140. The maximum Gasteiger partial charge on any atom is 0.264 e. The number of nitrogens with one attached hydrogen (secondary N) is 1. The molecule has 3 rings (SSSR count). The van der Waals surface area contributed by atoms with Crippen LogP contribution in [0.2, 0.25) is 0 Å². The van der Waals surface area contributed by atoms with E-state index in [1.54, 1.807) is 48.5 Å². The van der Waals surface area contributed by atoms with E-state index in [2.05, 4.69) is 5.32 Å². The monoisotopic (exact) mass is 424 g/mol. The van der Waals surface area contributed by atoms with Crippen molar-refractivity contribution in [2.45, 2.75) is 18.7 Å². The minimum Gasteiger partial charge on any atom is -0.494 e. The molecule has 1 N–H and O–H groups in total. The Balaban J connectivity index is 1.83. The number of aryl methyl sites for hydroxylation is 1. The van der Waals surface area contributed by atoms with Crippen LogP contribution in [0.15, 0.2) is 77.7 Å². The van der Waals surface area contributed by atoms with Crippen molar-refractivity contribution in [2.24, 2.45) is 0 Å². The van der Waals surface area contributed by atoms with Crippen molar-refractivity contribution >= 4 is 27.3 Å². The molecule has 0 atom stereocenters. The van der Waals surface area contributed by atoms with Gasteiger partial charge in [-0.15, -0.1) is 0 Å². The van der Waals surface area contributed by atoms with Crippen LogP contribution in [-0.4, -0.2) is 28.0 Å². The van der Waals surface area contributed by atoms with Crippen LogP contribution in [0.4, 0.5) is 11.4 Å². The highest BCUT2D eigenvalue weighted by molar-refractivity contribution is 7.92. The van der Waals surface area contributed by atoms with Crippen molar-refractivity contribution in [2.75, 3.05) is 23.3 Å². The van der Waals surface area contributed by atoms with E-state index in [-0.39, 0.29) is 10.5 Å². The summed E-state index contributed by atoms with van der Waals surface area (Å²) in [6.07, 6.45) is 0. The number of anilines is 2. The zero-order valence-corrected chi connectivity index (χ0v) is 17.9. The van der Waals surface area contributed by atoms with Crippen molar-refractivity contribution in [1.82, 2.24) is 0 Å². The van der Waals surface area contributed by atoms with E-state index in [1.165, 1.54) is 23.5 Å². The van der Waals surface area contributed by atoms with Crippen LogP contribution in [0.5, 0.6) is 5.75 Å². The summed E-state index contributed by atoms with van der Waals surface area (Å²) in [6, 6.07) is 20.2. The standard InChI is InChI=1S/C23H24N2O4S/c1-4-29-21-9-6-8-19(16-21)24-23(26)18-7-5-10-22(15-18)30(27,28)25(3)20-13-11-17(2)12-14-20/h5-16H,4H2,1-3H3,(H,24,26). The average Bonchev–Trinajstić information content (AvgIpc) is 2.74. The summed E-state index contributed by atoms with van der Waals surface area (Å²) < 4.78 is 32.7. The lowest BCUT2D eigenvalue weighted by Crippen LogP contribution is -2.26. The van der Waals surface area contributed by atoms with E-state index in [0.717, 1.165) is 5.56 Å². The summed E-state index contributed by atoms with van der Waals surface area (Å²) in [4.78, 5) is 12.7. The smallest absolute Gasteiger partial charge is 0.264 e. The minimum atomic E-state index is -3.81. The Morgan fingerprint density at radius 3 is 2.40 bits per heavy atom. The Kier molecular flexibility index (Phi) is 6.42. The molecule has 0 saturated carbocycles. The number of rotatable bonds is 7. The number of ether oxygens (including phenoxy) is 1. The molecule has 0 aromatic heterocycles. The minimum absolute atomic E-state index is 0.0429. The molecular weight excluding hydrogens is 400 g/mol. The van der Waals surface area contributed by atoms with Gasteiger partial charge >= 0.3 is 0 Å². The summed E-state index contributed by atoms with van der Waals surface area (Å²) in [5, 5.41) is 2.78. The van der Waals surface area contributed by atoms with Gasteiger partial charge in [-0.3, -0.25) is 9.10 Å². The van der Waals surface area contributed by atoms with E-state index < -0.39 is 15.9 Å². The molecular formula is C23H24N2O4S. The normalized spacial score (nSPS) is 11.0. The van der Waals surface area contributed by atoms with Crippen LogP contribution < -0.4 is 14.4 Å². The summed E-state index contributed by atoms with van der Waals surface area (Å²) >= 11 is 0. The number of amides is 1. The number of sulfonamides is 1. The van der Waals surface area contributed by atoms with Gasteiger partial charge in [-0.05, 0) is 56.3 Å². The van der Waals surface area contributed by atoms with Gasteiger partial charge in [0.1, 0.15) is 5.75 Å². The molecule has 0 aliphatic rings. The first-order valence-corrected chi connectivity index (χ1v) is 10.9. The van der Waals surface area contributed by atoms with Crippen LogP contribution in [0, 0.1) is 6.92 Å². The second kappa shape index (κ2) is 9.00. The first-order valence-electron chi connectivity index (χ1n) is 9.51. The molecule has 0 spiro atoms. The largest absolute Gasteiger partial charge is 0.494 e. The molecule has 0 fully saturated rings. The van der Waals surface area contributed by atoms with Crippen LogP contribution >= 0.6 is 0 Å². The molecule has 0 aliphatic carbocycles. The van der Waals surface area contributed by atoms with Crippen molar-refractivity contribution < 1.29 is 17.9 Å². The third-order valence-corrected chi connectivity index (χ3v) is 6.34. The SMILES string of the molecule is CCOc1cccc(NC(=O)c2cccc(S(=O)(=O)N(C)c3ccc(C)cc3)c2)c1. The zero-order chi connectivity index (χ0) is 21.7. The number of nitrogens with zero attached hydrogens (tertiary/aromatic N) is 1. The molecule has 3 aromatic carbocycles. The Labute approximate surface area is 177 Å². The molecule has 156 valence electrons. The van der Waals surface area contributed by atoms with Gasteiger partial charge in [0.2, 0.25) is 0 Å². The molecule has 3 aromatic rings. The lowest BCUT2D eigenvalue weighted by Gasteiger charge is -2.20. The van der Waals surface area contributed by atoms with Crippen molar-refractivity contribution in [3.05, 3.63) is 83.9 Å². The van der Waals surface area contributed by atoms with Crippen LogP contribution in [0.1, 0.15) is 22.8 Å². The Hall–Kier alpha value is -3.32. The highest BCUT2D eigenvalue weighted by Crippen LogP contribution is 2.24. The maximum absolute atomic E-state index is 13.0. The molecule has 0 saturated heterocycles. The first-order chi connectivity index (χ1) is 14.3. The summed E-state index contributed by atoms with van der Waals surface area (Å²) in [5.74, 6) is 0.241. The van der Waals surface area contributed by atoms with Crippen LogP contribution in [-0.2, 0) is 10.0 Å². The van der Waals surface area contributed by atoms with Gasteiger partial charge in [-0.2, -0.15) is 0 Å². The number of hydrogen-bond donors (Lipinski definition) is 1. The first kappa shape index (κ1) is 21.4. The lowest BCUT2D eigenvalue weighted by atomic mass is 10.2. The fraction of sp³-hybridized carbons (Fsp3) is 0.174. The van der Waals surface area contributed by atoms with Gasteiger partial charge in [0.15, 0.2) is 0 Å². The number of carbonyl (C=O) groups is 1. The molecule has 1 amide bonds. The lowest BCUT2D eigenvalue weighted by molar-refractivity contribution is 0.102. The fourth-order valence-corrected chi connectivity index (χ4v) is 4.12. The molecule has 0 radical (unpaired) electrons. The third-order valence-electron chi connectivity index (χ3n) is 4.56. The predicted octanol–water partition coefficient (Wildman–Crippen LogP) is 4.47. The van der Waals surface area contributed by atoms with Gasteiger partial charge < -0.3 is 10.1 Å². The molecule has 0 aliphatic heterocycles. The van der Waals surface area contributed by atoms with Gasteiger partial charge in [-0.1, -0.05) is 29.8 Å². The molecule has 0 unspecified atom stereocenters. The fourth-order valence-electron chi connectivity index (χ4n) is 2.88. The number of carbonyl (C=O) groups excluding carboxylic acids is 1. The van der Waals surface area contributed by atoms with Gasteiger partial charge in [0, 0.05) is 24.4 Å². The van der Waals surface area contributed by atoms with E-state index in [4.69, 9.17) is 4.74 Å². The van der Waals surface area contributed by atoms with Gasteiger partial charge in [0.05, 0.1) is 17.2 Å². The summed E-state index contributed by atoms with van der Waals surface area (Å²) in [5.41, 5.74) is 2.39. The molecule has 30 heavy (non-hydrogen) atoms. The van der Waals surface area contributed by atoms with Crippen molar-refractivity contribution in [3.8, 4) is 5.75 Å². The second-order valence-electron chi connectivity index (χ2n) is 6.75. The Morgan fingerprint density at radius 1 is 1.00 bits per heavy atom. The molecule has 6 nitrogen and oxygen atoms in total. The second-order valence-corrected chi connectivity index (χ2v) is 8.72. The molecule has 7 heteroatoms. The molecule has 0 bridgehead atoms. The van der Waals surface area contributed by atoms with E-state index in [0.29, 0.717) is 23.7 Å². The summed E-state index contributed by atoms with van der Waals surface area (Å²) in [7, 11) is -2.32. The van der Waals surface area contributed by atoms with Crippen molar-refractivity contribution in [1.29, 1.82) is 0 Å². The third kappa shape index (κ3) is 4.80. The van der Waals surface area contributed by atoms with E-state index >= 15 is 0 Å². The van der Waals surface area contributed by atoms with Crippen LogP contribution in [0.25, 0.3) is 0 Å². The highest BCUT2D eigenvalue weighted by atomic mass is 32.2. The van der Waals surface area contributed by atoms with Gasteiger partial charge in [0.25, 0.3) is 15.9 Å². The molecule has 0 heterocycles. The quantitative estimate of drug-likeness (QED) is 0.607. The Morgan fingerprint density at radius 2 is 1.70 bits per heavy atom. The predicted molar refractivity (Wildman–Crippen MR) is 119 cm³/mol. The number of benzene rings is 3. The van der Waals surface area contributed by atoms with Crippen LogP contribution in [0.3, 0.4) is 0 Å². The van der Waals surface area contributed by atoms with E-state index in [1.807, 2.05) is 26.0 Å². The highest BCUT2D eigenvalue weighted by Gasteiger charge is 2.22. The van der Waals surface area contributed by atoms with Crippen molar-refractivity contribution in [3.63, 3.8) is 0 Å². The zero-order valence-electron chi connectivity index (χ0n) is 17.1. The maximum atomic E-state index is 13.0. The summed E-state index contributed by atoms with van der Waals surface area (Å²) in [6.45, 7) is 4.33. The van der Waals surface area contributed by atoms with Gasteiger partial charge in [-0.25, -0.2) is 8.42 Å². The number of hydrogen-bond acceptors (Lipinski definition) is 4. The topological polar surface area (TPSA) is 75.7 Å². The average molecular weight is 425 g/mol. The van der Waals surface area contributed by atoms with E-state index in [9.17, 15) is 13.2 Å².